The van der Waals surface area contributed by atoms with E-state index in [4.69, 9.17) is 0 Å². The summed E-state index contributed by atoms with van der Waals surface area (Å²) in [5, 5.41) is 2.73. The second-order valence-electron chi connectivity index (χ2n) is 4.59. The molecular formula is C11H21NO. The maximum absolute atomic E-state index is 11.3. The fourth-order valence-electron chi connectivity index (χ4n) is 2.48. The highest BCUT2D eigenvalue weighted by Gasteiger charge is 2.47. The second kappa shape index (κ2) is 3.69. The van der Waals surface area contributed by atoms with Crippen LogP contribution in [0.3, 0.4) is 0 Å². The molecule has 2 nitrogen and oxygen atoms in total. The Morgan fingerprint density at radius 3 is 2.38 bits per heavy atom. The van der Waals surface area contributed by atoms with E-state index in [1.165, 1.54) is 6.42 Å². The summed E-state index contributed by atoms with van der Waals surface area (Å²) in [5.41, 5.74) is 0.456. The quantitative estimate of drug-likeness (QED) is 0.714. The Bertz CT molecular complexity index is 192. The third-order valence-electron chi connectivity index (χ3n) is 3.85. The van der Waals surface area contributed by atoms with E-state index in [9.17, 15) is 4.79 Å². The fourth-order valence-corrected chi connectivity index (χ4v) is 2.48. The van der Waals surface area contributed by atoms with Gasteiger partial charge in [-0.05, 0) is 24.2 Å². The van der Waals surface area contributed by atoms with Gasteiger partial charge in [0.25, 0.3) is 0 Å². The summed E-state index contributed by atoms with van der Waals surface area (Å²) in [6.45, 7) is 6.77. The summed E-state index contributed by atoms with van der Waals surface area (Å²) in [7, 11) is 1.73. The third-order valence-corrected chi connectivity index (χ3v) is 3.85. The molecule has 1 aliphatic carbocycles. The number of amides is 1. The van der Waals surface area contributed by atoms with Gasteiger partial charge in [-0.3, -0.25) is 4.79 Å². The molecule has 0 unspecified atom stereocenters. The van der Waals surface area contributed by atoms with Crippen LogP contribution in [0.15, 0.2) is 0 Å². The molecule has 0 heterocycles. The van der Waals surface area contributed by atoms with Crippen molar-refractivity contribution >= 4 is 5.91 Å². The summed E-state index contributed by atoms with van der Waals surface area (Å²) in [6.07, 6.45) is 3.37. The Morgan fingerprint density at radius 2 is 2.08 bits per heavy atom. The molecule has 1 fully saturated rings. The van der Waals surface area contributed by atoms with Gasteiger partial charge in [-0.2, -0.15) is 0 Å². The van der Waals surface area contributed by atoms with Crippen LogP contribution in [-0.4, -0.2) is 13.0 Å². The zero-order chi connectivity index (χ0) is 10.1. The molecule has 1 N–H and O–H groups in total. The lowest BCUT2D eigenvalue weighted by molar-refractivity contribution is -0.134. The standard InChI is InChI=1S/C11H21NO/c1-5-11(8(2)3)6-9(7-11)10(13)12-4/h8-9H,5-7H2,1-4H3,(H,12,13). The van der Waals surface area contributed by atoms with Crippen molar-refractivity contribution in [1.29, 1.82) is 0 Å². The van der Waals surface area contributed by atoms with Gasteiger partial charge in [0, 0.05) is 13.0 Å². The zero-order valence-corrected chi connectivity index (χ0v) is 9.18. The topological polar surface area (TPSA) is 29.1 Å². The van der Waals surface area contributed by atoms with Gasteiger partial charge in [-0.15, -0.1) is 0 Å². The van der Waals surface area contributed by atoms with Crippen LogP contribution in [0.2, 0.25) is 0 Å². The number of hydrogen-bond acceptors (Lipinski definition) is 1. The average molecular weight is 183 g/mol. The minimum Gasteiger partial charge on any atom is -0.359 e. The van der Waals surface area contributed by atoms with Crippen molar-refractivity contribution in [2.45, 2.75) is 40.0 Å². The van der Waals surface area contributed by atoms with E-state index in [0.29, 0.717) is 11.3 Å². The molecule has 0 radical (unpaired) electrons. The lowest BCUT2D eigenvalue weighted by atomic mass is 9.55. The largest absolute Gasteiger partial charge is 0.359 e. The minimum absolute atomic E-state index is 0.227. The maximum Gasteiger partial charge on any atom is 0.222 e. The number of hydrogen-bond donors (Lipinski definition) is 1. The molecule has 1 rings (SSSR count). The second-order valence-corrected chi connectivity index (χ2v) is 4.59. The summed E-state index contributed by atoms with van der Waals surface area (Å²) in [5.74, 6) is 1.22. The van der Waals surface area contributed by atoms with E-state index in [1.54, 1.807) is 7.05 Å². The summed E-state index contributed by atoms with van der Waals surface area (Å²) in [6, 6.07) is 0. The van der Waals surface area contributed by atoms with Gasteiger partial charge in [-0.1, -0.05) is 27.2 Å². The van der Waals surface area contributed by atoms with Gasteiger partial charge < -0.3 is 5.32 Å². The van der Waals surface area contributed by atoms with Crippen molar-refractivity contribution in [3.05, 3.63) is 0 Å². The number of nitrogens with one attached hydrogen (secondary N) is 1. The Balaban J connectivity index is 2.49. The third kappa shape index (κ3) is 1.72. The summed E-state index contributed by atoms with van der Waals surface area (Å²) in [4.78, 5) is 11.3. The Kier molecular flexibility index (Phi) is 2.99. The molecule has 2 heteroatoms. The molecule has 0 bridgehead atoms. The predicted octanol–water partition coefficient (Wildman–Crippen LogP) is 2.19. The van der Waals surface area contributed by atoms with Crippen molar-refractivity contribution in [2.75, 3.05) is 7.05 Å². The van der Waals surface area contributed by atoms with Gasteiger partial charge in [0.15, 0.2) is 0 Å². The van der Waals surface area contributed by atoms with E-state index in [0.717, 1.165) is 12.8 Å². The van der Waals surface area contributed by atoms with Crippen LogP contribution in [0.5, 0.6) is 0 Å². The molecule has 1 amide bonds. The number of carbonyl (C=O) groups excluding carboxylic acids is 1. The predicted molar refractivity (Wildman–Crippen MR) is 54.4 cm³/mol. The summed E-state index contributed by atoms with van der Waals surface area (Å²) >= 11 is 0. The van der Waals surface area contributed by atoms with Crippen molar-refractivity contribution in [2.24, 2.45) is 17.3 Å². The van der Waals surface area contributed by atoms with E-state index >= 15 is 0 Å². The molecule has 13 heavy (non-hydrogen) atoms. The first kappa shape index (κ1) is 10.6. The van der Waals surface area contributed by atoms with Crippen LogP contribution >= 0.6 is 0 Å². The van der Waals surface area contributed by atoms with Crippen molar-refractivity contribution in [3.8, 4) is 0 Å². The van der Waals surface area contributed by atoms with Crippen molar-refractivity contribution in [3.63, 3.8) is 0 Å². The Hall–Kier alpha value is -0.530. The summed E-state index contributed by atoms with van der Waals surface area (Å²) < 4.78 is 0. The van der Waals surface area contributed by atoms with E-state index in [2.05, 4.69) is 26.1 Å². The van der Waals surface area contributed by atoms with Crippen LogP contribution in [0, 0.1) is 17.3 Å². The number of carbonyl (C=O) groups is 1. The van der Waals surface area contributed by atoms with Crippen molar-refractivity contribution in [1.82, 2.24) is 5.32 Å². The lowest BCUT2D eigenvalue weighted by Gasteiger charge is -2.49. The first-order chi connectivity index (χ1) is 6.05. The van der Waals surface area contributed by atoms with Gasteiger partial charge in [0.1, 0.15) is 0 Å². The van der Waals surface area contributed by atoms with Gasteiger partial charge in [-0.25, -0.2) is 0 Å². The smallest absolute Gasteiger partial charge is 0.222 e. The Labute approximate surface area is 81.1 Å². The van der Waals surface area contributed by atoms with E-state index in [-0.39, 0.29) is 11.8 Å². The zero-order valence-electron chi connectivity index (χ0n) is 9.18. The SMILES string of the molecule is CCC1(C(C)C)CC(C(=O)NC)C1. The molecule has 0 aromatic heterocycles. The molecule has 0 atom stereocenters. The molecule has 1 saturated carbocycles. The molecule has 76 valence electrons. The van der Waals surface area contributed by atoms with Crippen LogP contribution in [0.4, 0.5) is 0 Å². The first-order valence-electron chi connectivity index (χ1n) is 5.27. The van der Waals surface area contributed by atoms with E-state index < -0.39 is 0 Å². The van der Waals surface area contributed by atoms with Crippen LogP contribution in [-0.2, 0) is 4.79 Å². The highest BCUT2D eigenvalue weighted by Crippen LogP contribution is 2.53. The van der Waals surface area contributed by atoms with Gasteiger partial charge >= 0.3 is 0 Å². The first-order valence-corrected chi connectivity index (χ1v) is 5.27. The molecule has 1 aliphatic rings. The number of rotatable bonds is 3. The van der Waals surface area contributed by atoms with Crippen LogP contribution in [0.1, 0.15) is 40.0 Å². The monoisotopic (exact) mass is 183 g/mol. The van der Waals surface area contributed by atoms with Gasteiger partial charge in [0.05, 0.1) is 0 Å². The van der Waals surface area contributed by atoms with E-state index in [1.807, 2.05) is 0 Å². The molecule has 0 saturated heterocycles. The maximum atomic E-state index is 11.3. The molecule has 0 aromatic carbocycles. The fraction of sp³-hybridized carbons (Fsp3) is 0.909. The molecule has 0 aliphatic heterocycles. The van der Waals surface area contributed by atoms with Crippen LogP contribution < -0.4 is 5.32 Å². The lowest BCUT2D eigenvalue weighted by Crippen LogP contribution is -2.47. The molecular weight excluding hydrogens is 162 g/mol. The highest BCUT2D eigenvalue weighted by molar-refractivity contribution is 5.79. The minimum atomic E-state index is 0.227. The average Bonchev–Trinajstić information content (AvgIpc) is 2.02. The van der Waals surface area contributed by atoms with Crippen LogP contribution in [0.25, 0.3) is 0 Å². The molecule has 0 spiro atoms. The van der Waals surface area contributed by atoms with Gasteiger partial charge in [0.2, 0.25) is 5.91 Å². The normalized spacial score (nSPS) is 32.8. The Morgan fingerprint density at radius 1 is 1.54 bits per heavy atom. The highest BCUT2D eigenvalue weighted by atomic mass is 16.1. The molecule has 0 aromatic rings. The van der Waals surface area contributed by atoms with Crippen molar-refractivity contribution < 1.29 is 4.79 Å².